The molecule has 1 saturated carbocycles. The smallest absolute Gasteiger partial charge is 0.228 e. The molecule has 0 spiro atoms. The van der Waals surface area contributed by atoms with Gasteiger partial charge in [0.25, 0.3) is 0 Å². The highest BCUT2D eigenvalue weighted by atomic mass is 35.5. The van der Waals surface area contributed by atoms with E-state index in [0.717, 1.165) is 0 Å². The third-order valence-electron chi connectivity index (χ3n) is 4.02. The fourth-order valence-electron chi connectivity index (χ4n) is 2.54. The summed E-state index contributed by atoms with van der Waals surface area (Å²) in [7, 11) is 1.50. The summed E-state index contributed by atoms with van der Waals surface area (Å²) in [5.74, 6) is -1.53. The predicted molar refractivity (Wildman–Crippen MR) is 93.3 cm³/mol. The van der Waals surface area contributed by atoms with Crippen LogP contribution in [0.4, 0.5) is 15.8 Å². The molecule has 0 radical (unpaired) electrons. The molecule has 0 aliphatic heterocycles. The lowest BCUT2D eigenvalue weighted by molar-refractivity contribution is -0.122. The van der Waals surface area contributed by atoms with E-state index in [1.54, 1.807) is 30.3 Å². The molecule has 2 aromatic rings. The van der Waals surface area contributed by atoms with Gasteiger partial charge in [0.05, 0.1) is 29.7 Å². The number of ether oxygens (including phenoxy) is 1. The van der Waals surface area contributed by atoms with E-state index in [1.807, 2.05) is 0 Å². The maximum absolute atomic E-state index is 13.6. The van der Waals surface area contributed by atoms with E-state index in [1.165, 1.54) is 19.2 Å². The molecular weight excluding hydrogens is 347 g/mol. The van der Waals surface area contributed by atoms with Crippen molar-refractivity contribution in [1.82, 2.24) is 0 Å². The SMILES string of the molecule is COc1ccc(NC(=O)C2CC2C(=O)Nc2ccccc2F)cc1Cl. The lowest BCUT2D eigenvalue weighted by Crippen LogP contribution is -2.21. The molecule has 130 valence electrons. The normalized spacial score (nSPS) is 18.4. The number of methoxy groups -OCH3 is 1. The lowest BCUT2D eigenvalue weighted by Gasteiger charge is -2.08. The monoisotopic (exact) mass is 362 g/mol. The highest BCUT2D eigenvalue weighted by Gasteiger charge is 2.48. The van der Waals surface area contributed by atoms with Crippen molar-refractivity contribution in [3.63, 3.8) is 0 Å². The number of hydrogen-bond acceptors (Lipinski definition) is 3. The van der Waals surface area contributed by atoms with E-state index in [0.29, 0.717) is 22.9 Å². The summed E-state index contributed by atoms with van der Waals surface area (Å²) >= 11 is 6.02. The second-order valence-corrected chi connectivity index (χ2v) is 6.16. The molecule has 2 amide bonds. The lowest BCUT2D eigenvalue weighted by atomic mass is 10.2. The highest BCUT2D eigenvalue weighted by molar-refractivity contribution is 6.32. The molecule has 1 aliphatic rings. The first-order chi connectivity index (χ1) is 12.0. The number of carbonyl (C=O) groups is 2. The fourth-order valence-corrected chi connectivity index (χ4v) is 2.80. The van der Waals surface area contributed by atoms with Crippen LogP contribution in [0.5, 0.6) is 5.75 Å². The molecule has 2 atom stereocenters. The number of amides is 2. The minimum atomic E-state index is -0.509. The Balaban J connectivity index is 1.57. The minimum absolute atomic E-state index is 0.112. The van der Waals surface area contributed by atoms with Crippen LogP contribution in [0.3, 0.4) is 0 Å². The van der Waals surface area contributed by atoms with Crippen molar-refractivity contribution in [2.45, 2.75) is 6.42 Å². The number of carbonyl (C=O) groups excluding carboxylic acids is 2. The van der Waals surface area contributed by atoms with Crippen LogP contribution in [-0.2, 0) is 9.59 Å². The molecule has 0 saturated heterocycles. The Hall–Kier alpha value is -2.60. The minimum Gasteiger partial charge on any atom is -0.495 e. The molecule has 1 aliphatic carbocycles. The molecule has 25 heavy (non-hydrogen) atoms. The highest BCUT2D eigenvalue weighted by Crippen LogP contribution is 2.40. The van der Waals surface area contributed by atoms with Gasteiger partial charge in [-0.05, 0) is 36.8 Å². The average molecular weight is 363 g/mol. The second kappa shape index (κ2) is 7.11. The van der Waals surface area contributed by atoms with Crippen molar-refractivity contribution in [3.05, 3.63) is 53.3 Å². The Labute approximate surface area is 149 Å². The first kappa shape index (κ1) is 17.2. The second-order valence-electron chi connectivity index (χ2n) is 5.76. The van der Waals surface area contributed by atoms with Gasteiger partial charge in [0.1, 0.15) is 11.6 Å². The van der Waals surface area contributed by atoms with Crippen LogP contribution < -0.4 is 15.4 Å². The fraction of sp³-hybridized carbons (Fsp3) is 0.222. The molecule has 3 rings (SSSR count). The molecule has 1 fully saturated rings. The van der Waals surface area contributed by atoms with Crippen LogP contribution in [0.25, 0.3) is 0 Å². The van der Waals surface area contributed by atoms with Gasteiger partial charge < -0.3 is 15.4 Å². The number of rotatable bonds is 5. The van der Waals surface area contributed by atoms with E-state index < -0.39 is 17.7 Å². The third kappa shape index (κ3) is 3.91. The Morgan fingerprint density at radius 2 is 1.80 bits per heavy atom. The summed E-state index contributed by atoms with van der Waals surface area (Å²) in [6.07, 6.45) is 0.427. The van der Waals surface area contributed by atoms with Gasteiger partial charge in [-0.1, -0.05) is 23.7 Å². The summed E-state index contributed by atoms with van der Waals surface area (Å²) in [4.78, 5) is 24.4. The number of benzene rings is 2. The van der Waals surface area contributed by atoms with E-state index in [9.17, 15) is 14.0 Å². The van der Waals surface area contributed by atoms with Crippen LogP contribution in [-0.4, -0.2) is 18.9 Å². The zero-order valence-corrected chi connectivity index (χ0v) is 14.1. The summed E-state index contributed by atoms with van der Waals surface area (Å²) in [6, 6.07) is 10.8. The summed E-state index contributed by atoms with van der Waals surface area (Å²) in [5, 5.41) is 5.62. The van der Waals surface area contributed by atoms with E-state index in [4.69, 9.17) is 16.3 Å². The van der Waals surface area contributed by atoms with Crippen LogP contribution in [0.15, 0.2) is 42.5 Å². The molecule has 5 nitrogen and oxygen atoms in total. The van der Waals surface area contributed by atoms with Crippen LogP contribution in [0, 0.1) is 17.7 Å². The summed E-state index contributed by atoms with van der Waals surface area (Å²) in [5.41, 5.74) is 0.636. The van der Waals surface area contributed by atoms with Crippen molar-refractivity contribution in [3.8, 4) is 5.75 Å². The van der Waals surface area contributed by atoms with Crippen LogP contribution in [0.1, 0.15) is 6.42 Å². The van der Waals surface area contributed by atoms with Gasteiger partial charge >= 0.3 is 0 Å². The molecule has 7 heteroatoms. The largest absolute Gasteiger partial charge is 0.495 e. The Morgan fingerprint density at radius 1 is 1.12 bits per heavy atom. The molecule has 2 aromatic carbocycles. The van der Waals surface area contributed by atoms with Gasteiger partial charge in [-0.2, -0.15) is 0 Å². The Morgan fingerprint density at radius 3 is 2.44 bits per heavy atom. The van der Waals surface area contributed by atoms with Gasteiger partial charge in [-0.25, -0.2) is 4.39 Å². The van der Waals surface area contributed by atoms with Crippen molar-refractivity contribution < 1.29 is 18.7 Å². The van der Waals surface area contributed by atoms with Crippen molar-refractivity contribution in [2.75, 3.05) is 17.7 Å². The number of para-hydroxylation sites is 1. The average Bonchev–Trinajstić information content (AvgIpc) is 3.38. The van der Waals surface area contributed by atoms with Gasteiger partial charge in [-0.15, -0.1) is 0 Å². The maximum atomic E-state index is 13.6. The van der Waals surface area contributed by atoms with E-state index in [-0.39, 0.29) is 17.5 Å². The third-order valence-corrected chi connectivity index (χ3v) is 4.31. The Kier molecular flexibility index (Phi) is 4.90. The van der Waals surface area contributed by atoms with Crippen molar-refractivity contribution in [1.29, 1.82) is 0 Å². The Bertz CT molecular complexity index is 828. The van der Waals surface area contributed by atoms with Crippen molar-refractivity contribution in [2.24, 2.45) is 11.8 Å². The van der Waals surface area contributed by atoms with Gasteiger partial charge in [0, 0.05) is 5.69 Å². The zero-order valence-electron chi connectivity index (χ0n) is 13.4. The topological polar surface area (TPSA) is 67.4 Å². The van der Waals surface area contributed by atoms with Gasteiger partial charge in [-0.3, -0.25) is 9.59 Å². The summed E-state index contributed by atoms with van der Waals surface area (Å²) < 4.78 is 18.6. The number of anilines is 2. The van der Waals surface area contributed by atoms with Gasteiger partial charge in [0.2, 0.25) is 11.8 Å². The first-order valence-electron chi connectivity index (χ1n) is 7.69. The quantitative estimate of drug-likeness (QED) is 0.852. The standard InChI is InChI=1S/C18H16ClFN2O3/c1-25-16-7-6-10(8-13(16)19)21-17(23)11-9-12(11)18(24)22-15-5-3-2-4-14(15)20/h2-8,11-12H,9H2,1H3,(H,21,23)(H,22,24). The molecular formula is C18H16ClFN2O3. The first-order valence-corrected chi connectivity index (χ1v) is 8.07. The molecule has 0 heterocycles. The molecule has 2 N–H and O–H groups in total. The zero-order chi connectivity index (χ0) is 18.0. The molecule has 0 aromatic heterocycles. The summed E-state index contributed by atoms with van der Waals surface area (Å²) in [6.45, 7) is 0. The maximum Gasteiger partial charge on any atom is 0.228 e. The molecule has 0 bridgehead atoms. The molecule has 2 unspecified atom stereocenters. The van der Waals surface area contributed by atoms with E-state index in [2.05, 4.69) is 10.6 Å². The van der Waals surface area contributed by atoms with Gasteiger partial charge in [0.15, 0.2) is 0 Å². The van der Waals surface area contributed by atoms with Crippen molar-refractivity contribution >= 4 is 34.8 Å². The number of halogens is 2. The predicted octanol–water partition coefficient (Wildman–Crippen LogP) is 3.70. The van der Waals surface area contributed by atoms with Crippen LogP contribution in [0.2, 0.25) is 5.02 Å². The van der Waals surface area contributed by atoms with E-state index >= 15 is 0 Å². The van der Waals surface area contributed by atoms with Crippen LogP contribution >= 0.6 is 11.6 Å². The number of nitrogens with one attached hydrogen (secondary N) is 2. The number of hydrogen-bond donors (Lipinski definition) is 2.